The Hall–Kier alpha value is -1.79. The van der Waals surface area contributed by atoms with Crippen LogP contribution in [0.3, 0.4) is 0 Å². The number of rotatable bonds is 7. The van der Waals surface area contributed by atoms with E-state index in [1.165, 1.54) is 0 Å². The van der Waals surface area contributed by atoms with Gasteiger partial charge in [-0.05, 0) is 31.5 Å². The molecule has 0 aromatic heterocycles. The summed E-state index contributed by atoms with van der Waals surface area (Å²) in [7, 11) is 1.55. The van der Waals surface area contributed by atoms with Crippen molar-refractivity contribution in [2.75, 3.05) is 32.2 Å². The third-order valence-electron chi connectivity index (χ3n) is 3.39. The Morgan fingerprint density at radius 3 is 3.00 bits per heavy atom. The predicted octanol–water partition coefficient (Wildman–Crippen LogP) is 1.15. The van der Waals surface area contributed by atoms with Gasteiger partial charge in [0.1, 0.15) is 6.61 Å². The summed E-state index contributed by atoms with van der Waals surface area (Å²) >= 11 is 0. The number of hydrogen-bond donors (Lipinski definition) is 3. The molecule has 1 amide bonds. The molecule has 6 nitrogen and oxygen atoms in total. The molecule has 6 heteroatoms. The Bertz CT molecular complexity index is 473. The van der Waals surface area contributed by atoms with Crippen LogP contribution >= 0.6 is 0 Å². The number of aliphatic hydroxyl groups excluding tert-OH is 1. The number of amides is 1. The van der Waals surface area contributed by atoms with Crippen molar-refractivity contribution < 1.29 is 19.4 Å². The van der Waals surface area contributed by atoms with Crippen LogP contribution in [0.5, 0.6) is 11.5 Å². The molecule has 2 rings (SSSR count). The molecule has 1 aliphatic rings. The van der Waals surface area contributed by atoms with E-state index in [1.807, 2.05) is 0 Å². The molecule has 0 spiro atoms. The third-order valence-corrected chi connectivity index (χ3v) is 3.39. The minimum atomic E-state index is -0.0763. The van der Waals surface area contributed by atoms with E-state index in [-0.39, 0.29) is 25.2 Å². The first-order valence-electron chi connectivity index (χ1n) is 7.18. The summed E-state index contributed by atoms with van der Waals surface area (Å²) in [5.41, 5.74) is 0.659. The van der Waals surface area contributed by atoms with Crippen LogP contribution in [-0.2, 0) is 4.79 Å². The van der Waals surface area contributed by atoms with Crippen molar-refractivity contribution in [3.8, 4) is 11.5 Å². The Morgan fingerprint density at radius 2 is 2.33 bits per heavy atom. The number of hydrogen-bond acceptors (Lipinski definition) is 5. The Morgan fingerprint density at radius 1 is 1.48 bits per heavy atom. The second-order valence-electron chi connectivity index (χ2n) is 4.98. The van der Waals surface area contributed by atoms with E-state index >= 15 is 0 Å². The highest BCUT2D eigenvalue weighted by molar-refractivity contribution is 5.91. The van der Waals surface area contributed by atoms with Crippen LogP contribution < -0.4 is 20.1 Å². The van der Waals surface area contributed by atoms with Crippen LogP contribution in [0.25, 0.3) is 0 Å². The maximum Gasteiger partial charge on any atom is 0.225 e. The van der Waals surface area contributed by atoms with E-state index in [9.17, 15) is 4.79 Å². The monoisotopic (exact) mass is 294 g/mol. The lowest BCUT2D eigenvalue weighted by molar-refractivity contribution is -0.116. The van der Waals surface area contributed by atoms with Gasteiger partial charge in [0.2, 0.25) is 5.91 Å². The van der Waals surface area contributed by atoms with Crippen molar-refractivity contribution in [2.45, 2.75) is 25.3 Å². The van der Waals surface area contributed by atoms with Crippen LogP contribution in [0.2, 0.25) is 0 Å². The molecule has 1 aliphatic heterocycles. The van der Waals surface area contributed by atoms with Gasteiger partial charge in [-0.3, -0.25) is 4.79 Å². The fourth-order valence-corrected chi connectivity index (χ4v) is 2.39. The molecule has 0 saturated carbocycles. The topological polar surface area (TPSA) is 79.8 Å². The van der Waals surface area contributed by atoms with Crippen LogP contribution in [-0.4, -0.2) is 43.9 Å². The molecular weight excluding hydrogens is 272 g/mol. The molecule has 21 heavy (non-hydrogen) atoms. The van der Waals surface area contributed by atoms with Crippen LogP contribution in [0.4, 0.5) is 5.69 Å². The summed E-state index contributed by atoms with van der Waals surface area (Å²) < 4.78 is 10.6. The van der Waals surface area contributed by atoms with E-state index in [4.69, 9.17) is 14.6 Å². The van der Waals surface area contributed by atoms with Crippen molar-refractivity contribution in [1.82, 2.24) is 5.32 Å². The van der Waals surface area contributed by atoms with E-state index in [0.717, 1.165) is 19.4 Å². The van der Waals surface area contributed by atoms with E-state index in [2.05, 4.69) is 10.6 Å². The average Bonchev–Trinajstić information content (AvgIpc) is 2.98. The highest BCUT2D eigenvalue weighted by Crippen LogP contribution is 2.30. The van der Waals surface area contributed by atoms with Crippen molar-refractivity contribution >= 4 is 11.6 Å². The molecule has 3 N–H and O–H groups in total. The first-order valence-corrected chi connectivity index (χ1v) is 7.18. The van der Waals surface area contributed by atoms with Gasteiger partial charge in [-0.25, -0.2) is 0 Å². The fraction of sp³-hybridized carbons (Fsp3) is 0.533. The summed E-state index contributed by atoms with van der Waals surface area (Å²) in [5, 5.41) is 15.0. The molecule has 1 aromatic rings. The lowest BCUT2D eigenvalue weighted by Gasteiger charge is -2.13. The lowest BCUT2D eigenvalue weighted by atomic mass is 10.1. The van der Waals surface area contributed by atoms with Gasteiger partial charge < -0.3 is 25.2 Å². The van der Waals surface area contributed by atoms with Gasteiger partial charge in [-0.1, -0.05) is 0 Å². The number of benzene rings is 1. The van der Waals surface area contributed by atoms with Crippen LogP contribution in [0.15, 0.2) is 18.2 Å². The van der Waals surface area contributed by atoms with Crippen molar-refractivity contribution in [3.05, 3.63) is 18.2 Å². The summed E-state index contributed by atoms with van der Waals surface area (Å²) in [5.74, 6) is 1.05. The molecule has 0 radical (unpaired) electrons. The second-order valence-corrected chi connectivity index (χ2v) is 4.98. The minimum absolute atomic E-state index is 0.0207. The molecule has 1 fully saturated rings. The molecule has 1 atom stereocenters. The maximum atomic E-state index is 12.0. The van der Waals surface area contributed by atoms with Crippen LogP contribution in [0, 0.1) is 0 Å². The van der Waals surface area contributed by atoms with Gasteiger partial charge in [0.25, 0.3) is 0 Å². The van der Waals surface area contributed by atoms with Crippen LogP contribution in [0.1, 0.15) is 19.3 Å². The Labute approximate surface area is 124 Å². The first-order chi connectivity index (χ1) is 10.2. The zero-order valence-corrected chi connectivity index (χ0v) is 12.2. The Balaban J connectivity index is 1.96. The molecule has 1 saturated heterocycles. The molecule has 0 aliphatic carbocycles. The van der Waals surface area contributed by atoms with Gasteiger partial charge >= 0.3 is 0 Å². The van der Waals surface area contributed by atoms with Gasteiger partial charge in [-0.15, -0.1) is 0 Å². The number of aliphatic hydroxyl groups is 1. The molecular formula is C15H22N2O4. The molecule has 1 heterocycles. The van der Waals surface area contributed by atoms with Gasteiger partial charge in [-0.2, -0.15) is 0 Å². The number of nitrogens with one attached hydrogen (secondary N) is 2. The van der Waals surface area contributed by atoms with Crippen molar-refractivity contribution in [2.24, 2.45) is 0 Å². The highest BCUT2D eigenvalue weighted by Gasteiger charge is 2.18. The number of carbonyl (C=O) groups excluding carboxylic acids is 1. The number of ether oxygens (including phenoxy) is 2. The fourth-order valence-electron chi connectivity index (χ4n) is 2.39. The normalized spacial score (nSPS) is 17.5. The number of methoxy groups -OCH3 is 1. The summed E-state index contributed by atoms with van der Waals surface area (Å²) in [6.07, 6.45) is 2.64. The molecule has 116 valence electrons. The summed E-state index contributed by atoms with van der Waals surface area (Å²) in [4.78, 5) is 12.0. The first kappa shape index (κ1) is 15.6. The number of anilines is 1. The van der Waals surface area contributed by atoms with Gasteiger partial charge in [0, 0.05) is 24.2 Å². The zero-order valence-electron chi connectivity index (χ0n) is 12.2. The highest BCUT2D eigenvalue weighted by atomic mass is 16.5. The van der Waals surface area contributed by atoms with E-state index in [1.54, 1.807) is 25.3 Å². The van der Waals surface area contributed by atoms with Crippen molar-refractivity contribution in [3.63, 3.8) is 0 Å². The lowest BCUT2D eigenvalue weighted by Crippen LogP contribution is -2.27. The quantitative estimate of drug-likeness (QED) is 0.703. The Kier molecular flexibility index (Phi) is 5.83. The zero-order chi connectivity index (χ0) is 15.1. The molecule has 1 aromatic carbocycles. The SMILES string of the molecule is COc1ccc(NC(=O)CC2CCCN2)cc1OCCO. The van der Waals surface area contributed by atoms with Gasteiger partial charge in [0.05, 0.1) is 13.7 Å². The predicted molar refractivity (Wildman–Crippen MR) is 79.8 cm³/mol. The van der Waals surface area contributed by atoms with E-state index < -0.39 is 0 Å². The summed E-state index contributed by atoms with van der Waals surface area (Å²) in [6.45, 7) is 1.09. The molecule has 1 unspecified atom stereocenters. The molecule has 0 bridgehead atoms. The largest absolute Gasteiger partial charge is 0.493 e. The minimum Gasteiger partial charge on any atom is -0.493 e. The third kappa shape index (κ3) is 4.61. The van der Waals surface area contributed by atoms with Gasteiger partial charge in [0.15, 0.2) is 11.5 Å². The second kappa shape index (κ2) is 7.85. The standard InChI is InChI=1S/C15H22N2O4/c1-20-13-5-4-12(9-14(13)21-8-7-18)17-15(19)10-11-3-2-6-16-11/h4-5,9,11,16,18H,2-3,6-8,10H2,1H3,(H,17,19). The average molecular weight is 294 g/mol. The van der Waals surface area contributed by atoms with E-state index in [0.29, 0.717) is 23.6 Å². The smallest absolute Gasteiger partial charge is 0.225 e. The van der Waals surface area contributed by atoms with Crippen molar-refractivity contribution in [1.29, 1.82) is 0 Å². The summed E-state index contributed by atoms with van der Waals surface area (Å²) in [6, 6.07) is 5.48. The number of carbonyl (C=O) groups is 1. The maximum absolute atomic E-state index is 12.0.